The second-order valence-corrected chi connectivity index (χ2v) is 4.73. The van der Waals surface area contributed by atoms with Crippen LogP contribution in [0.25, 0.3) is 0 Å². The van der Waals surface area contributed by atoms with Crippen LogP contribution in [0.5, 0.6) is 0 Å². The number of hydrogen-bond donors (Lipinski definition) is 0. The first kappa shape index (κ1) is 9.85. The molecule has 0 saturated carbocycles. The zero-order valence-corrected chi connectivity index (χ0v) is 8.73. The predicted molar refractivity (Wildman–Crippen MR) is 50.9 cm³/mol. The van der Waals surface area contributed by atoms with Crippen molar-refractivity contribution in [2.24, 2.45) is 0 Å². The first-order valence-electron chi connectivity index (χ1n) is 4.21. The highest BCUT2D eigenvalue weighted by molar-refractivity contribution is 7.91. The van der Waals surface area contributed by atoms with Crippen molar-refractivity contribution >= 4 is 9.84 Å². The van der Waals surface area contributed by atoms with E-state index in [1.165, 1.54) is 19.1 Å². The molecular weight excluding hydrogens is 216 g/mol. The van der Waals surface area contributed by atoms with Crippen LogP contribution in [0.2, 0.25) is 0 Å². The molecule has 1 aromatic heterocycles. The van der Waals surface area contributed by atoms with Crippen LogP contribution in [0.4, 0.5) is 0 Å². The SMILES string of the molecule is Cc1nnc(S(=O)(=O)c2ccccc2)o1. The lowest BCUT2D eigenvalue weighted by atomic mass is 10.4. The second-order valence-electron chi connectivity index (χ2n) is 2.90. The fourth-order valence-corrected chi connectivity index (χ4v) is 2.18. The van der Waals surface area contributed by atoms with Crippen molar-refractivity contribution in [3.63, 3.8) is 0 Å². The van der Waals surface area contributed by atoms with Crippen LogP contribution in [0.1, 0.15) is 5.89 Å². The van der Waals surface area contributed by atoms with Crippen molar-refractivity contribution in [3.05, 3.63) is 36.2 Å². The van der Waals surface area contributed by atoms with E-state index in [0.717, 1.165) is 0 Å². The molecule has 2 rings (SSSR count). The van der Waals surface area contributed by atoms with Gasteiger partial charge in [0.25, 0.3) is 9.84 Å². The minimum Gasteiger partial charge on any atom is -0.413 e. The van der Waals surface area contributed by atoms with Crippen LogP contribution < -0.4 is 0 Å². The van der Waals surface area contributed by atoms with Crippen LogP contribution in [0, 0.1) is 6.92 Å². The number of hydrogen-bond acceptors (Lipinski definition) is 5. The van der Waals surface area contributed by atoms with Gasteiger partial charge in [0.15, 0.2) is 0 Å². The number of sulfone groups is 1. The predicted octanol–water partition coefficient (Wildman–Crippen LogP) is 1.21. The van der Waals surface area contributed by atoms with E-state index in [9.17, 15) is 8.42 Å². The average molecular weight is 224 g/mol. The highest BCUT2D eigenvalue weighted by Gasteiger charge is 2.23. The first-order chi connectivity index (χ1) is 7.10. The number of benzene rings is 1. The third kappa shape index (κ3) is 1.75. The summed E-state index contributed by atoms with van der Waals surface area (Å²) in [5, 5.41) is 6.60. The van der Waals surface area contributed by atoms with Crippen LogP contribution in [-0.4, -0.2) is 18.6 Å². The summed E-state index contributed by atoms with van der Waals surface area (Å²) in [5.74, 6) is 0.226. The number of aromatic nitrogens is 2. The van der Waals surface area contributed by atoms with E-state index in [4.69, 9.17) is 4.42 Å². The third-order valence-corrected chi connectivity index (χ3v) is 3.31. The summed E-state index contributed by atoms with van der Waals surface area (Å²) in [7, 11) is -3.66. The summed E-state index contributed by atoms with van der Waals surface area (Å²) in [6.07, 6.45) is 0. The smallest absolute Gasteiger partial charge is 0.340 e. The maximum atomic E-state index is 11.9. The Balaban J connectivity index is 2.54. The van der Waals surface area contributed by atoms with Crippen LogP contribution in [0.3, 0.4) is 0 Å². The number of nitrogens with zero attached hydrogens (tertiary/aromatic N) is 2. The van der Waals surface area contributed by atoms with E-state index >= 15 is 0 Å². The zero-order valence-electron chi connectivity index (χ0n) is 7.91. The molecule has 0 fully saturated rings. The molecule has 1 aromatic carbocycles. The molecule has 0 unspecified atom stereocenters. The molecule has 5 nitrogen and oxygen atoms in total. The monoisotopic (exact) mass is 224 g/mol. The van der Waals surface area contributed by atoms with E-state index in [-0.39, 0.29) is 16.0 Å². The molecular formula is C9H8N2O3S. The van der Waals surface area contributed by atoms with Crippen molar-refractivity contribution in [1.82, 2.24) is 10.2 Å². The maximum Gasteiger partial charge on any atom is 0.340 e. The molecule has 0 aliphatic heterocycles. The van der Waals surface area contributed by atoms with Crippen LogP contribution >= 0.6 is 0 Å². The molecule has 0 N–H and O–H groups in total. The minimum absolute atomic E-state index is 0.147. The van der Waals surface area contributed by atoms with Gasteiger partial charge in [0.2, 0.25) is 5.89 Å². The molecule has 78 valence electrons. The molecule has 0 radical (unpaired) electrons. The summed E-state index contributed by atoms with van der Waals surface area (Å²) >= 11 is 0. The Morgan fingerprint density at radius 2 is 1.80 bits per heavy atom. The summed E-state index contributed by atoms with van der Waals surface area (Å²) in [5.41, 5.74) is 0. The summed E-state index contributed by atoms with van der Waals surface area (Å²) in [4.78, 5) is 0.147. The Bertz CT molecular complexity index is 560. The molecule has 0 amide bonds. The quantitative estimate of drug-likeness (QED) is 0.766. The van der Waals surface area contributed by atoms with E-state index in [0.29, 0.717) is 0 Å². The van der Waals surface area contributed by atoms with Gasteiger partial charge in [0.05, 0.1) is 4.90 Å². The van der Waals surface area contributed by atoms with Crippen LogP contribution in [-0.2, 0) is 9.84 Å². The van der Waals surface area contributed by atoms with Gasteiger partial charge in [-0.05, 0) is 12.1 Å². The van der Waals surface area contributed by atoms with Crippen molar-refractivity contribution in [3.8, 4) is 0 Å². The highest BCUT2D eigenvalue weighted by Crippen LogP contribution is 2.18. The average Bonchev–Trinajstić information content (AvgIpc) is 2.67. The van der Waals surface area contributed by atoms with Crippen molar-refractivity contribution in [2.75, 3.05) is 0 Å². The molecule has 1 heterocycles. The maximum absolute atomic E-state index is 11.9. The van der Waals surface area contributed by atoms with Crippen molar-refractivity contribution in [1.29, 1.82) is 0 Å². The largest absolute Gasteiger partial charge is 0.413 e. The number of aryl methyl sites for hydroxylation is 1. The highest BCUT2D eigenvalue weighted by atomic mass is 32.2. The molecule has 0 bridgehead atoms. The van der Waals surface area contributed by atoms with Crippen molar-refractivity contribution < 1.29 is 12.8 Å². The fourth-order valence-electron chi connectivity index (χ4n) is 1.09. The molecule has 6 heteroatoms. The Labute approximate surface area is 86.7 Å². The molecule has 0 spiro atoms. The van der Waals surface area contributed by atoms with Gasteiger partial charge in [-0.2, -0.15) is 0 Å². The summed E-state index contributed by atoms with van der Waals surface area (Å²) in [6, 6.07) is 7.97. The van der Waals surface area contributed by atoms with Gasteiger partial charge in [-0.3, -0.25) is 0 Å². The first-order valence-corrected chi connectivity index (χ1v) is 5.69. The van der Waals surface area contributed by atoms with Gasteiger partial charge >= 0.3 is 5.22 Å². The lowest BCUT2D eigenvalue weighted by Gasteiger charge is -1.97. The van der Waals surface area contributed by atoms with Gasteiger partial charge < -0.3 is 4.42 Å². The topological polar surface area (TPSA) is 73.1 Å². The molecule has 0 saturated heterocycles. The summed E-state index contributed by atoms with van der Waals surface area (Å²) in [6.45, 7) is 1.54. The lowest BCUT2D eigenvalue weighted by Crippen LogP contribution is -2.01. The third-order valence-electron chi connectivity index (χ3n) is 1.79. The minimum atomic E-state index is -3.66. The van der Waals surface area contributed by atoms with Gasteiger partial charge in [0, 0.05) is 6.92 Å². The van der Waals surface area contributed by atoms with E-state index in [1.54, 1.807) is 18.2 Å². The molecule has 0 aliphatic rings. The van der Waals surface area contributed by atoms with E-state index in [1.807, 2.05) is 0 Å². The second kappa shape index (κ2) is 3.47. The Kier molecular flexibility index (Phi) is 2.28. The van der Waals surface area contributed by atoms with Gasteiger partial charge in [-0.15, -0.1) is 5.10 Å². The molecule has 0 atom stereocenters. The van der Waals surface area contributed by atoms with Gasteiger partial charge in [-0.25, -0.2) is 8.42 Å². The molecule has 2 aromatic rings. The van der Waals surface area contributed by atoms with Gasteiger partial charge in [0.1, 0.15) is 0 Å². The van der Waals surface area contributed by atoms with Gasteiger partial charge in [-0.1, -0.05) is 23.3 Å². The standard InChI is InChI=1S/C9H8N2O3S/c1-7-10-11-9(14-7)15(12,13)8-5-3-2-4-6-8/h2-6H,1H3. The normalized spacial score (nSPS) is 11.5. The summed E-state index contributed by atoms with van der Waals surface area (Å²) < 4.78 is 28.6. The van der Waals surface area contributed by atoms with Crippen LogP contribution in [0.15, 0.2) is 44.9 Å². The lowest BCUT2D eigenvalue weighted by molar-refractivity contribution is 0.410. The van der Waals surface area contributed by atoms with E-state index < -0.39 is 9.84 Å². The molecule has 15 heavy (non-hydrogen) atoms. The zero-order chi connectivity index (χ0) is 10.9. The van der Waals surface area contributed by atoms with E-state index in [2.05, 4.69) is 10.2 Å². The number of rotatable bonds is 2. The fraction of sp³-hybridized carbons (Fsp3) is 0.111. The Morgan fingerprint density at radius 1 is 1.13 bits per heavy atom. The Hall–Kier alpha value is -1.69. The molecule has 0 aliphatic carbocycles. The van der Waals surface area contributed by atoms with Crippen molar-refractivity contribution in [2.45, 2.75) is 17.0 Å². The Morgan fingerprint density at radius 3 is 2.33 bits per heavy atom.